The third-order valence-corrected chi connectivity index (χ3v) is 4.82. The van der Waals surface area contributed by atoms with Crippen LogP contribution in [0.3, 0.4) is 0 Å². The summed E-state index contributed by atoms with van der Waals surface area (Å²) in [5.41, 5.74) is 0.949. The van der Waals surface area contributed by atoms with Crippen molar-refractivity contribution < 1.29 is 8.42 Å². The molecule has 0 aliphatic rings. The number of aromatic nitrogens is 3. The number of rotatable bonds is 3. The Morgan fingerprint density at radius 2 is 1.95 bits per heavy atom. The first-order valence-corrected chi connectivity index (χ1v) is 7.88. The van der Waals surface area contributed by atoms with Crippen molar-refractivity contribution >= 4 is 38.2 Å². The lowest BCUT2D eigenvalue weighted by Crippen LogP contribution is -2.14. The Hall–Kier alpha value is -2.12. The topological polar surface area (TPSA) is 76.9 Å². The van der Waals surface area contributed by atoms with E-state index in [9.17, 15) is 8.42 Å². The highest BCUT2D eigenvalue weighted by atomic mass is 35.5. The second-order valence-corrected chi connectivity index (χ2v) is 6.39. The molecule has 0 fully saturated rings. The van der Waals surface area contributed by atoms with Gasteiger partial charge < -0.3 is 4.57 Å². The highest BCUT2D eigenvalue weighted by Gasteiger charge is 2.23. The van der Waals surface area contributed by atoms with Gasteiger partial charge in [-0.3, -0.25) is 9.71 Å². The van der Waals surface area contributed by atoms with Crippen molar-refractivity contribution in [2.45, 2.75) is 5.03 Å². The molecular formula is C13H11ClN4O2S. The van der Waals surface area contributed by atoms with E-state index in [0.717, 1.165) is 5.39 Å². The summed E-state index contributed by atoms with van der Waals surface area (Å²) >= 11 is 5.94. The summed E-state index contributed by atoms with van der Waals surface area (Å²) in [5, 5.41) is 0.681. The maximum Gasteiger partial charge on any atom is 0.282 e. The van der Waals surface area contributed by atoms with Crippen LogP contribution in [0.15, 0.2) is 47.9 Å². The molecule has 3 aromatic rings. The molecule has 0 radical (unpaired) electrons. The Morgan fingerprint density at radius 1 is 1.19 bits per heavy atom. The molecule has 0 amide bonds. The molecule has 0 spiro atoms. The van der Waals surface area contributed by atoms with Crippen LogP contribution in [0.2, 0.25) is 5.15 Å². The lowest BCUT2D eigenvalue weighted by molar-refractivity contribution is 0.598. The number of nitrogens with zero attached hydrogens (tertiary/aromatic N) is 3. The van der Waals surface area contributed by atoms with Crippen LogP contribution in [0, 0.1) is 0 Å². The largest absolute Gasteiger partial charge is 0.324 e. The molecule has 6 nitrogen and oxygen atoms in total. The molecule has 0 unspecified atom stereocenters. The Kier molecular flexibility index (Phi) is 3.30. The number of halogens is 1. The van der Waals surface area contributed by atoms with Gasteiger partial charge in [0.15, 0.2) is 0 Å². The minimum Gasteiger partial charge on any atom is -0.324 e. The van der Waals surface area contributed by atoms with E-state index in [1.807, 2.05) is 12.1 Å². The fourth-order valence-electron chi connectivity index (χ4n) is 1.95. The Bertz CT molecular complexity index is 916. The van der Waals surface area contributed by atoms with E-state index in [1.54, 1.807) is 31.4 Å². The van der Waals surface area contributed by atoms with Crippen molar-refractivity contribution in [3.05, 3.63) is 48.0 Å². The smallest absolute Gasteiger partial charge is 0.282 e. The highest BCUT2D eigenvalue weighted by Crippen LogP contribution is 2.25. The monoisotopic (exact) mass is 322 g/mol. The van der Waals surface area contributed by atoms with Crippen LogP contribution in [0.5, 0.6) is 0 Å². The lowest BCUT2D eigenvalue weighted by Gasteiger charge is -2.08. The average Bonchev–Trinajstić information content (AvgIpc) is 2.80. The molecule has 0 aliphatic heterocycles. The zero-order chi connectivity index (χ0) is 15.0. The minimum atomic E-state index is -3.87. The van der Waals surface area contributed by atoms with E-state index in [-0.39, 0.29) is 10.2 Å². The second kappa shape index (κ2) is 5.01. The molecule has 0 bridgehead atoms. The Morgan fingerprint density at radius 3 is 2.67 bits per heavy atom. The molecule has 1 aromatic carbocycles. The Labute approximate surface area is 126 Å². The minimum absolute atomic E-state index is 0.0516. The van der Waals surface area contributed by atoms with Gasteiger partial charge in [0.25, 0.3) is 10.0 Å². The predicted molar refractivity (Wildman–Crippen MR) is 80.8 cm³/mol. The molecule has 21 heavy (non-hydrogen) atoms. The average molecular weight is 323 g/mol. The number of hydrogen-bond acceptors (Lipinski definition) is 4. The first kappa shape index (κ1) is 13.8. The van der Waals surface area contributed by atoms with E-state index in [2.05, 4.69) is 14.7 Å². The molecule has 2 heterocycles. The summed E-state index contributed by atoms with van der Waals surface area (Å²) in [5.74, 6) is 0. The molecule has 108 valence electrons. The quantitative estimate of drug-likeness (QED) is 0.803. The molecular weight excluding hydrogens is 312 g/mol. The molecule has 1 N–H and O–H groups in total. The van der Waals surface area contributed by atoms with Crippen molar-refractivity contribution in [1.29, 1.82) is 0 Å². The maximum absolute atomic E-state index is 12.4. The summed E-state index contributed by atoms with van der Waals surface area (Å²) in [6, 6.07) is 8.89. The predicted octanol–water partition coefficient (Wildman–Crippen LogP) is 2.42. The molecule has 0 saturated heterocycles. The van der Waals surface area contributed by atoms with Crippen molar-refractivity contribution in [2.75, 3.05) is 4.72 Å². The fourth-order valence-corrected chi connectivity index (χ4v) is 3.45. The fraction of sp³-hybridized carbons (Fsp3) is 0.0769. The van der Waals surface area contributed by atoms with E-state index < -0.39 is 10.0 Å². The van der Waals surface area contributed by atoms with Gasteiger partial charge in [0, 0.05) is 18.6 Å². The second-order valence-electron chi connectivity index (χ2n) is 4.44. The van der Waals surface area contributed by atoms with Gasteiger partial charge in [-0.05, 0) is 12.1 Å². The molecule has 8 heteroatoms. The SMILES string of the molecule is Cn1cnc(S(=O)(=O)Nc2cccc3cccnc23)c1Cl. The van der Waals surface area contributed by atoms with Gasteiger partial charge in [0.1, 0.15) is 5.15 Å². The van der Waals surface area contributed by atoms with E-state index in [0.29, 0.717) is 11.2 Å². The molecule has 0 saturated carbocycles. The zero-order valence-electron chi connectivity index (χ0n) is 11.0. The molecule has 2 aromatic heterocycles. The number of hydrogen-bond donors (Lipinski definition) is 1. The van der Waals surface area contributed by atoms with Crippen LogP contribution in [-0.2, 0) is 17.1 Å². The highest BCUT2D eigenvalue weighted by molar-refractivity contribution is 7.92. The zero-order valence-corrected chi connectivity index (χ0v) is 12.6. The number of benzene rings is 1. The van der Waals surface area contributed by atoms with Crippen molar-refractivity contribution in [3.63, 3.8) is 0 Å². The number of anilines is 1. The first-order valence-electron chi connectivity index (χ1n) is 6.02. The van der Waals surface area contributed by atoms with E-state index >= 15 is 0 Å². The van der Waals surface area contributed by atoms with Gasteiger partial charge in [-0.15, -0.1) is 0 Å². The normalized spacial score (nSPS) is 11.7. The number of nitrogens with one attached hydrogen (secondary N) is 1. The number of fused-ring (bicyclic) bond motifs is 1. The lowest BCUT2D eigenvalue weighted by atomic mass is 10.2. The van der Waals surface area contributed by atoms with Crippen molar-refractivity contribution in [1.82, 2.24) is 14.5 Å². The van der Waals surface area contributed by atoms with Crippen LogP contribution in [0.1, 0.15) is 0 Å². The number of para-hydroxylation sites is 1. The number of aryl methyl sites for hydroxylation is 1. The third kappa shape index (κ3) is 2.45. The van der Waals surface area contributed by atoms with Gasteiger partial charge in [-0.25, -0.2) is 4.98 Å². The standard InChI is InChI=1S/C13H11ClN4O2S/c1-18-8-16-13(12(18)14)21(19,20)17-10-6-2-4-9-5-3-7-15-11(9)10/h2-8,17H,1H3. The summed E-state index contributed by atoms with van der Waals surface area (Å²) in [6.45, 7) is 0. The van der Waals surface area contributed by atoms with Gasteiger partial charge in [0.05, 0.1) is 17.5 Å². The van der Waals surface area contributed by atoms with Gasteiger partial charge >= 0.3 is 0 Å². The third-order valence-electron chi connectivity index (χ3n) is 2.97. The van der Waals surface area contributed by atoms with Crippen molar-refractivity contribution in [3.8, 4) is 0 Å². The summed E-state index contributed by atoms with van der Waals surface area (Å²) in [6.07, 6.45) is 2.95. The van der Waals surface area contributed by atoms with Crippen LogP contribution < -0.4 is 4.72 Å². The summed E-state index contributed by atoms with van der Waals surface area (Å²) in [7, 11) is -2.25. The van der Waals surface area contributed by atoms with Crippen LogP contribution >= 0.6 is 11.6 Å². The van der Waals surface area contributed by atoms with Crippen LogP contribution in [0.25, 0.3) is 10.9 Å². The molecule has 0 atom stereocenters. The van der Waals surface area contributed by atoms with Gasteiger partial charge in [-0.2, -0.15) is 8.42 Å². The number of sulfonamides is 1. The van der Waals surface area contributed by atoms with Gasteiger partial charge in [-0.1, -0.05) is 29.8 Å². The summed E-state index contributed by atoms with van der Waals surface area (Å²) in [4.78, 5) is 8.02. The summed E-state index contributed by atoms with van der Waals surface area (Å²) < 4.78 is 28.7. The number of pyridine rings is 1. The van der Waals surface area contributed by atoms with E-state index in [1.165, 1.54) is 10.9 Å². The molecule has 0 aliphatic carbocycles. The van der Waals surface area contributed by atoms with Crippen LogP contribution in [-0.4, -0.2) is 23.0 Å². The van der Waals surface area contributed by atoms with Gasteiger partial charge in [0.2, 0.25) is 5.03 Å². The molecule has 3 rings (SSSR count). The van der Waals surface area contributed by atoms with Crippen LogP contribution in [0.4, 0.5) is 5.69 Å². The Balaban J connectivity index is 2.08. The number of imidazole rings is 1. The maximum atomic E-state index is 12.4. The first-order chi connectivity index (χ1) is 9.99. The van der Waals surface area contributed by atoms with Crippen molar-refractivity contribution in [2.24, 2.45) is 7.05 Å². The van der Waals surface area contributed by atoms with E-state index in [4.69, 9.17) is 11.6 Å².